The average molecular weight is 459 g/mol. The number of aromatic nitrogens is 2. The zero-order valence-corrected chi connectivity index (χ0v) is 19.1. The van der Waals surface area contributed by atoms with Crippen LogP contribution < -0.4 is 15.6 Å². The summed E-state index contributed by atoms with van der Waals surface area (Å²) in [6.07, 6.45) is 0.647. The van der Waals surface area contributed by atoms with Crippen LogP contribution in [0.25, 0.3) is 0 Å². The molecule has 156 valence electrons. The molecule has 0 aliphatic carbocycles. The van der Waals surface area contributed by atoms with Gasteiger partial charge in [-0.05, 0) is 47.6 Å². The SMILES string of the molecule is CCC(=NNC(=O)CSc1n[nH+]c(SCc2ccc(C)cc2)s1)c1ccc([O-])cc1. The van der Waals surface area contributed by atoms with E-state index in [1.807, 2.05) is 6.92 Å². The Hall–Kier alpha value is -2.36. The molecule has 2 N–H and O–H groups in total. The number of amides is 1. The fraction of sp³-hybridized carbons (Fsp3) is 0.238. The zero-order chi connectivity index (χ0) is 21.3. The van der Waals surface area contributed by atoms with E-state index in [4.69, 9.17) is 0 Å². The molecule has 0 bridgehead atoms. The van der Waals surface area contributed by atoms with Gasteiger partial charge in [0.25, 0.3) is 5.91 Å². The van der Waals surface area contributed by atoms with Gasteiger partial charge in [0.05, 0.1) is 11.5 Å². The molecule has 0 aliphatic rings. The van der Waals surface area contributed by atoms with Crippen LogP contribution in [0.15, 0.2) is 62.3 Å². The number of nitrogens with one attached hydrogen (secondary N) is 2. The first-order chi connectivity index (χ1) is 14.5. The van der Waals surface area contributed by atoms with E-state index in [2.05, 4.69) is 51.9 Å². The Morgan fingerprint density at radius 2 is 1.90 bits per heavy atom. The number of aromatic amines is 1. The number of carbonyl (C=O) groups excluding carboxylic acids is 1. The second kappa shape index (κ2) is 11.1. The molecule has 9 heteroatoms. The molecule has 0 fully saturated rings. The maximum atomic E-state index is 12.1. The maximum Gasteiger partial charge on any atom is 0.323 e. The highest BCUT2D eigenvalue weighted by Gasteiger charge is 2.14. The third-order valence-electron chi connectivity index (χ3n) is 4.07. The molecular weight excluding hydrogens is 436 g/mol. The first-order valence-corrected chi connectivity index (χ1v) is 12.1. The predicted molar refractivity (Wildman–Crippen MR) is 121 cm³/mol. The fourth-order valence-corrected chi connectivity index (χ4v) is 5.30. The molecule has 0 saturated heterocycles. The van der Waals surface area contributed by atoms with Crippen molar-refractivity contribution in [3.8, 4) is 5.75 Å². The molecule has 1 aromatic heterocycles. The van der Waals surface area contributed by atoms with Gasteiger partial charge >= 0.3 is 4.34 Å². The predicted octanol–water partition coefficient (Wildman–Crippen LogP) is 3.65. The van der Waals surface area contributed by atoms with Crippen LogP contribution in [0.4, 0.5) is 0 Å². The van der Waals surface area contributed by atoms with Crippen molar-refractivity contribution in [1.82, 2.24) is 10.5 Å². The lowest BCUT2D eigenvalue weighted by atomic mass is 10.1. The molecule has 1 amide bonds. The Morgan fingerprint density at radius 1 is 1.17 bits per heavy atom. The van der Waals surface area contributed by atoms with E-state index in [1.54, 1.807) is 23.9 Å². The van der Waals surface area contributed by atoms with Crippen LogP contribution in [0.5, 0.6) is 5.75 Å². The van der Waals surface area contributed by atoms with E-state index in [9.17, 15) is 9.90 Å². The molecule has 0 atom stereocenters. The summed E-state index contributed by atoms with van der Waals surface area (Å²) in [6, 6.07) is 14.9. The lowest BCUT2D eigenvalue weighted by Gasteiger charge is -2.08. The van der Waals surface area contributed by atoms with Crippen LogP contribution in [0.1, 0.15) is 30.0 Å². The number of benzene rings is 2. The number of rotatable bonds is 9. The summed E-state index contributed by atoms with van der Waals surface area (Å²) in [6.45, 7) is 4.03. The van der Waals surface area contributed by atoms with Crippen LogP contribution in [-0.2, 0) is 10.5 Å². The normalized spacial score (nSPS) is 11.5. The van der Waals surface area contributed by atoms with E-state index < -0.39 is 0 Å². The van der Waals surface area contributed by atoms with Gasteiger partial charge in [-0.25, -0.2) is 5.43 Å². The van der Waals surface area contributed by atoms with Gasteiger partial charge in [-0.2, -0.15) is 5.10 Å². The van der Waals surface area contributed by atoms with E-state index in [0.29, 0.717) is 6.42 Å². The van der Waals surface area contributed by atoms with Crippen molar-refractivity contribution in [1.29, 1.82) is 0 Å². The van der Waals surface area contributed by atoms with Crippen molar-refractivity contribution in [3.05, 3.63) is 65.2 Å². The Labute approximate surface area is 188 Å². The number of carbonyl (C=O) groups is 1. The van der Waals surface area contributed by atoms with Crippen LogP contribution in [0.2, 0.25) is 0 Å². The molecule has 1 heterocycles. The van der Waals surface area contributed by atoms with Crippen molar-refractivity contribution in [2.24, 2.45) is 5.10 Å². The monoisotopic (exact) mass is 458 g/mol. The van der Waals surface area contributed by atoms with Gasteiger partial charge < -0.3 is 5.11 Å². The minimum absolute atomic E-state index is 0.0497. The van der Waals surface area contributed by atoms with Gasteiger partial charge in [0.1, 0.15) is 0 Å². The van der Waals surface area contributed by atoms with Crippen molar-refractivity contribution in [2.75, 3.05) is 5.75 Å². The number of thioether (sulfide) groups is 2. The molecule has 0 spiro atoms. The average Bonchev–Trinajstić information content (AvgIpc) is 3.21. The highest BCUT2D eigenvalue weighted by molar-refractivity contribution is 8.03. The smallest absolute Gasteiger partial charge is 0.323 e. The number of hydrazone groups is 1. The van der Waals surface area contributed by atoms with Crippen molar-refractivity contribution in [2.45, 2.75) is 34.7 Å². The second-order valence-corrected chi connectivity index (χ2v) is 9.88. The van der Waals surface area contributed by atoms with Crippen LogP contribution in [0, 0.1) is 6.92 Å². The molecule has 6 nitrogen and oxygen atoms in total. The highest BCUT2D eigenvalue weighted by atomic mass is 32.2. The van der Waals surface area contributed by atoms with Crippen molar-refractivity contribution < 1.29 is 15.0 Å². The third-order valence-corrected chi connectivity index (χ3v) is 7.40. The zero-order valence-electron chi connectivity index (χ0n) is 16.7. The van der Waals surface area contributed by atoms with Crippen molar-refractivity contribution >= 4 is 46.5 Å². The minimum atomic E-state index is -0.199. The van der Waals surface area contributed by atoms with E-state index >= 15 is 0 Å². The summed E-state index contributed by atoms with van der Waals surface area (Å²) in [5, 5.41) is 22.7. The minimum Gasteiger partial charge on any atom is -0.872 e. The van der Waals surface area contributed by atoms with Gasteiger partial charge in [-0.3, -0.25) is 4.79 Å². The number of hydrogen-bond acceptors (Lipinski definition) is 7. The summed E-state index contributed by atoms with van der Waals surface area (Å²) in [5.74, 6) is 0.844. The Kier molecular flexibility index (Phi) is 8.30. The number of aryl methyl sites for hydroxylation is 1. The third kappa shape index (κ3) is 6.86. The molecule has 3 aromatic rings. The highest BCUT2D eigenvalue weighted by Crippen LogP contribution is 2.28. The first-order valence-electron chi connectivity index (χ1n) is 9.36. The van der Waals surface area contributed by atoms with Gasteiger partial charge in [-0.1, -0.05) is 77.9 Å². The summed E-state index contributed by atoms with van der Waals surface area (Å²) in [5.41, 5.74) is 6.65. The number of H-pyrrole nitrogens is 1. The molecule has 0 aliphatic heterocycles. The summed E-state index contributed by atoms with van der Waals surface area (Å²) < 4.78 is 1.81. The van der Waals surface area contributed by atoms with Crippen LogP contribution >= 0.6 is 34.9 Å². The Balaban J connectivity index is 1.46. The summed E-state index contributed by atoms with van der Waals surface area (Å²) in [7, 11) is 0. The van der Waals surface area contributed by atoms with Gasteiger partial charge in [0, 0.05) is 10.9 Å². The lowest BCUT2D eigenvalue weighted by molar-refractivity contribution is -0.492. The maximum absolute atomic E-state index is 12.1. The van der Waals surface area contributed by atoms with E-state index in [-0.39, 0.29) is 17.4 Å². The molecule has 2 aromatic carbocycles. The van der Waals surface area contributed by atoms with E-state index in [1.165, 1.54) is 46.4 Å². The molecule has 3 rings (SSSR count). The Morgan fingerprint density at radius 3 is 2.60 bits per heavy atom. The fourth-order valence-electron chi connectivity index (χ4n) is 2.46. The van der Waals surface area contributed by atoms with Gasteiger partial charge in [-0.15, -0.1) is 5.75 Å². The van der Waals surface area contributed by atoms with Crippen LogP contribution in [0.3, 0.4) is 0 Å². The topological polar surface area (TPSA) is 91.6 Å². The largest absolute Gasteiger partial charge is 0.872 e. The molecular formula is C21H22N4O2S3. The quantitative estimate of drug-likeness (QED) is 0.300. The molecule has 0 unspecified atom stereocenters. The van der Waals surface area contributed by atoms with E-state index in [0.717, 1.165) is 25.7 Å². The van der Waals surface area contributed by atoms with Gasteiger partial charge in [0.15, 0.2) is 0 Å². The molecule has 0 radical (unpaired) electrons. The summed E-state index contributed by atoms with van der Waals surface area (Å²) in [4.78, 5) is 12.1. The standard InChI is InChI=1S/C21H22N4O2S3/c1-3-18(16-8-10-17(26)11-9-16)22-23-19(27)13-29-21-25-24-20(30-21)28-12-15-6-4-14(2)5-7-15/h4-11,26H,3,12-13H2,1-2H3,(H,23,27). The molecule has 30 heavy (non-hydrogen) atoms. The van der Waals surface area contributed by atoms with Crippen LogP contribution in [-0.4, -0.2) is 22.5 Å². The first kappa shape index (κ1) is 22.3. The molecule has 0 saturated carbocycles. The van der Waals surface area contributed by atoms with Crippen molar-refractivity contribution in [3.63, 3.8) is 0 Å². The second-order valence-electron chi connectivity index (χ2n) is 6.41. The van der Waals surface area contributed by atoms with Gasteiger partial charge in [0.2, 0.25) is 4.34 Å². The number of nitrogens with zero attached hydrogens (tertiary/aromatic N) is 2. The summed E-state index contributed by atoms with van der Waals surface area (Å²) >= 11 is 4.60. The lowest BCUT2D eigenvalue weighted by Crippen LogP contribution is -2.21. The Bertz CT molecular complexity index is 1000. The number of hydrogen-bond donors (Lipinski definition) is 1.